The smallest absolute Gasteiger partial charge is 0.418 e. The number of ether oxygens (including phenoxy) is 1. The van der Waals surface area contributed by atoms with E-state index >= 15 is 0 Å². The molecule has 0 radical (unpaired) electrons. The molecule has 40 heavy (non-hydrogen) atoms. The Labute approximate surface area is 231 Å². The zero-order valence-electron chi connectivity index (χ0n) is 23.3. The average Bonchev–Trinajstić information content (AvgIpc) is 3.32. The van der Waals surface area contributed by atoms with E-state index in [2.05, 4.69) is 10.1 Å². The van der Waals surface area contributed by atoms with Crippen LogP contribution in [0.15, 0.2) is 40.9 Å². The van der Waals surface area contributed by atoms with Gasteiger partial charge in [-0.25, -0.2) is 4.39 Å². The Morgan fingerprint density at radius 3 is 2.55 bits per heavy atom. The molecule has 0 bridgehead atoms. The number of nitrogens with zero attached hydrogens (tertiary/aromatic N) is 4. The summed E-state index contributed by atoms with van der Waals surface area (Å²) in [6, 6.07) is 8.19. The minimum Gasteiger partial charge on any atom is -0.459 e. The Balaban J connectivity index is 1.56. The number of carbonyl (C=O) groups is 1. The molecule has 0 aliphatic carbocycles. The minimum atomic E-state index is -4.58. The largest absolute Gasteiger partial charge is 0.459 e. The van der Waals surface area contributed by atoms with Crippen molar-refractivity contribution >= 4 is 11.7 Å². The molecule has 1 aromatic heterocycles. The number of rotatable bonds is 7. The summed E-state index contributed by atoms with van der Waals surface area (Å²) < 4.78 is 67.4. The van der Waals surface area contributed by atoms with Gasteiger partial charge < -0.3 is 14.2 Å². The fourth-order valence-electron chi connectivity index (χ4n) is 4.89. The SMILES string of the molecule is CC1CCCCN1c1ccc(-c2nc(-c3cc(F)cc(CN(C)CC(=O)OC(C)(C)C)c3)no2)cc1C(F)(F)F. The molecule has 11 heteroatoms. The molecule has 216 valence electrons. The molecular formula is C29H34F4N4O3. The number of likely N-dealkylation sites (N-methyl/N-ethyl adjacent to an activating group) is 1. The Hall–Kier alpha value is -3.47. The number of hydrogen-bond donors (Lipinski definition) is 0. The van der Waals surface area contributed by atoms with Gasteiger partial charge in [0, 0.05) is 35.9 Å². The predicted octanol–water partition coefficient (Wildman–Crippen LogP) is 6.71. The lowest BCUT2D eigenvalue weighted by Crippen LogP contribution is -2.38. The molecule has 0 N–H and O–H groups in total. The van der Waals surface area contributed by atoms with Crippen LogP contribution in [0.5, 0.6) is 0 Å². The van der Waals surface area contributed by atoms with Gasteiger partial charge >= 0.3 is 12.1 Å². The maximum absolute atomic E-state index is 14.5. The Bertz CT molecular complexity index is 1350. The average molecular weight is 563 g/mol. The van der Waals surface area contributed by atoms with E-state index in [0.717, 1.165) is 25.3 Å². The van der Waals surface area contributed by atoms with Gasteiger partial charge in [0.25, 0.3) is 5.89 Å². The summed E-state index contributed by atoms with van der Waals surface area (Å²) in [5, 5.41) is 3.90. The quantitative estimate of drug-likeness (QED) is 0.234. The highest BCUT2D eigenvalue weighted by molar-refractivity contribution is 5.72. The van der Waals surface area contributed by atoms with Crippen LogP contribution in [0.4, 0.5) is 23.2 Å². The van der Waals surface area contributed by atoms with Crippen molar-refractivity contribution < 1.29 is 31.6 Å². The van der Waals surface area contributed by atoms with Gasteiger partial charge in [0.2, 0.25) is 5.82 Å². The van der Waals surface area contributed by atoms with Crippen molar-refractivity contribution in [2.45, 2.75) is 71.3 Å². The standard InChI is InChI=1S/C29H34F4N4O3/c1-18-8-6-7-11-37(18)24-10-9-20(15-23(24)29(31,32)33)27-34-26(35-40-27)21-12-19(13-22(30)14-21)16-36(5)17-25(38)39-28(2,3)4/h9-10,12-15,18H,6-8,11,16-17H2,1-5H3. The third kappa shape index (κ3) is 7.38. The summed E-state index contributed by atoms with van der Waals surface area (Å²) in [6.07, 6.45) is -1.92. The monoisotopic (exact) mass is 562 g/mol. The van der Waals surface area contributed by atoms with Crippen molar-refractivity contribution in [2.24, 2.45) is 0 Å². The number of aromatic nitrogens is 2. The predicted molar refractivity (Wildman–Crippen MR) is 143 cm³/mol. The number of anilines is 1. The molecule has 7 nitrogen and oxygen atoms in total. The number of piperidine rings is 1. The van der Waals surface area contributed by atoms with Gasteiger partial charge in [-0.3, -0.25) is 9.69 Å². The van der Waals surface area contributed by atoms with E-state index in [1.54, 1.807) is 43.7 Å². The fraction of sp³-hybridized carbons (Fsp3) is 0.483. The Morgan fingerprint density at radius 1 is 1.12 bits per heavy atom. The molecule has 1 fully saturated rings. The van der Waals surface area contributed by atoms with Crippen molar-refractivity contribution in [1.82, 2.24) is 15.0 Å². The zero-order chi connectivity index (χ0) is 29.2. The fourth-order valence-corrected chi connectivity index (χ4v) is 4.89. The lowest BCUT2D eigenvalue weighted by atomic mass is 9.99. The molecule has 1 saturated heterocycles. The van der Waals surface area contributed by atoms with Crippen LogP contribution in [0.25, 0.3) is 22.8 Å². The van der Waals surface area contributed by atoms with Gasteiger partial charge in [-0.1, -0.05) is 5.16 Å². The maximum Gasteiger partial charge on any atom is 0.418 e. The van der Waals surface area contributed by atoms with Crippen LogP contribution in [-0.4, -0.2) is 52.8 Å². The molecule has 2 heterocycles. The summed E-state index contributed by atoms with van der Waals surface area (Å²) in [5.74, 6) is -1.03. The minimum absolute atomic E-state index is 0.000982. The topological polar surface area (TPSA) is 71.7 Å². The lowest BCUT2D eigenvalue weighted by molar-refractivity contribution is -0.155. The lowest BCUT2D eigenvalue weighted by Gasteiger charge is -2.37. The van der Waals surface area contributed by atoms with Crippen molar-refractivity contribution in [3.05, 3.63) is 53.3 Å². The van der Waals surface area contributed by atoms with Crippen LogP contribution in [0.2, 0.25) is 0 Å². The third-order valence-corrected chi connectivity index (χ3v) is 6.57. The second kappa shape index (κ2) is 11.6. The van der Waals surface area contributed by atoms with E-state index in [9.17, 15) is 22.4 Å². The molecule has 2 aromatic carbocycles. The van der Waals surface area contributed by atoms with Crippen molar-refractivity contribution in [3.8, 4) is 22.8 Å². The molecule has 0 saturated carbocycles. The van der Waals surface area contributed by atoms with Crippen molar-refractivity contribution in [2.75, 3.05) is 25.0 Å². The summed E-state index contributed by atoms with van der Waals surface area (Å²) >= 11 is 0. The molecule has 1 aliphatic heterocycles. The number of alkyl halides is 3. The van der Waals surface area contributed by atoms with E-state index in [1.807, 2.05) is 6.92 Å². The first-order chi connectivity index (χ1) is 18.7. The van der Waals surface area contributed by atoms with Crippen LogP contribution in [0.3, 0.4) is 0 Å². The number of hydrogen-bond acceptors (Lipinski definition) is 7. The molecule has 1 unspecified atom stereocenters. The Kier molecular flexibility index (Phi) is 8.53. The first-order valence-electron chi connectivity index (χ1n) is 13.2. The molecule has 1 atom stereocenters. The first-order valence-corrected chi connectivity index (χ1v) is 13.2. The summed E-state index contributed by atoms with van der Waals surface area (Å²) in [4.78, 5) is 19.9. The number of halogens is 4. The molecular weight excluding hydrogens is 528 g/mol. The summed E-state index contributed by atoms with van der Waals surface area (Å²) in [7, 11) is 1.70. The van der Waals surface area contributed by atoms with E-state index in [-0.39, 0.29) is 42.1 Å². The normalized spacial score (nSPS) is 16.4. The van der Waals surface area contributed by atoms with Gasteiger partial charge in [0.05, 0.1) is 12.1 Å². The van der Waals surface area contributed by atoms with Gasteiger partial charge in [0.1, 0.15) is 11.4 Å². The number of benzene rings is 2. The molecule has 4 rings (SSSR count). The van der Waals surface area contributed by atoms with Gasteiger partial charge in [0.15, 0.2) is 0 Å². The Morgan fingerprint density at radius 2 is 1.88 bits per heavy atom. The molecule has 0 spiro atoms. The van der Waals surface area contributed by atoms with Crippen LogP contribution < -0.4 is 4.90 Å². The van der Waals surface area contributed by atoms with E-state index in [0.29, 0.717) is 17.7 Å². The second-order valence-corrected chi connectivity index (χ2v) is 11.3. The van der Waals surface area contributed by atoms with Crippen LogP contribution in [0, 0.1) is 5.82 Å². The molecule has 0 amide bonds. The number of carbonyl (C=O) groups excluding carboxylic acids is 1. The third-order valence-electron chi connectivity index (χ3n) is 6.57. The zero-order valence-corrected chi connectivity index (χ0v) is 23.3. The summed E-state index contributed by atoms with van der Waals surface area (Å²) in [5.41, 5.74) is -0.286. The molecule has 3 aromatic rings. The van der Waals surface area contributed by atoms with E-state index in [4.69, 9.17) is 9.26 Å². The van der Waals surface area contributed by atoms with E-state index in [1.165, 1.54) is 24.3 Å². The van der Waals surface area contributed by atoms with Gasteiger partial charge in [-0.15, -0.1) is 0 Å². The summed E-state index contributed by atoms with van der Waals surface area (Å²) in [6.45, 7) is 8.05. The second-order valence-electron chi connectivity index (χ2n) is 11.3. The highest BCUT2D eigenvalue weighted by atomic mass is 19.4. The maximum atomic E-state index is 14.5. The highest BCUT2D eigenvalue weighted by Gasteiger charge is 2.37. The van der Waals surface area contributed by atoms with Crippen molar-refractivity contribution in [3.63, 3.8) is 0 Å². The van der Waals surface area contributed by atoms with Crippen LogP contribution in [-0.2, 0) is 22.3 Å². The van der Waals surface area contributed by atoms with Gasteiger partial charge in [-0.05, 0) is 96.0 Å². The van der Waals surface area contributed by atoms with Gasteiger partial charge in [-0.2, -0.15) is 18.2 Å². The van der Waals surface area contributed by atoms with Crippen LogP contribution in [0.1, 0.15) is 58.1 Å². The van der Waals surface area contributed by atoms with E-state index < -0.39 is 29.1 Å². The van der Waals surface area contributed by atoms with Crippen molar-refractivity contribution in [1.29, 1.82) is 0 Å². The van der Waals surface area contributed by atoms with Crippen LogP contribution >= 0.6 is 0 Å². The first kappa shape index (κ1) is 29.5. The highest BCUT2D eigenvalue weighted by Crippen LogP contribution is 2.41. The molecule has 1 aliphatic rings. The number of esters is 1.